The van der Waals surface area contributed by atoms with Gasteiger partial charge in [0.25, 0.3) is 0 Å². The number of fused-ring (bicyclic) bond motifs is 2. The zero-order chi connectivity index (χ0) is 22.3. The van der Waals surface area contributed by atoms with Crippen molar-refractivity contribution in [2.75, 3.05) is 5.32 Å². The molecule has 0 saturated heterocycles. The van der Waals surface area contributed by atoms with Crippen LogP contribution in [0.2, 0.25) is 0 Å². The molecule has 4 aromatic rings. The van der Waals surface area contributed by atoms with Crippen molar-refractivity contribution in [2.45, 2.75) is 43.2 Å². The summed E-state index contributed by atoms with van der Waals surface area (Å²) in [6, 6.07) is 8.59. The summed E-state index contributed by atoms with van der Waals surface area (Å²) < 4.78 is 33.7. The van der Waals surface area contributed by atoms with Crippen molar-refractivity contribution in [3.63, 3.8) is 0 Å². The zero-order valence-electron chi connectivity index (χ0n) is 17.2. The van der Waals surface area contributed by atoms with Crippen LogP contribution in [0.3, 0.4) is 0 Å². The Hall–Kier alpha value is -3.49. The maximum atomic E-state index is 13.1. The van der Waals surface area contributed by atoms with Gasteiger partial charge in [0.1, 0.15) is 22.1 Å². The summed E-state index contributed by atoms with van der Waals surface area (Å²) in [5, 5.41) is 21.4. The number of aromatic amines is 1. The summed E-state index contributed by atoms with van der Waals surface area (Å²) in [5.41, 5.74) is 2.49. The fraction of sp³-hybridized carbons (Fsp3) is 0.333. The molecule has 3 aromatic heterocycles. The second-order valence-corrected chi connectivity index (χ2v) is 9.68. The molecule has 11 heteroatoms. The predicted molar refractivity (Wildman–Crippen MR) is 117 cm³/mol. The van der Waals surface area contributed by atoms with E-state index in [1.54, 1.807) is 24.5 Å². The summed E-state index contributed by atoms with van der Waals surface area (Å²) in [6.45, 7) is 2.08. The molecule has 0 radical (unpaired) electrons. The van der Waals surface area contributed by atoms with Crippen molar-refractivity contribution in [1.29, 1.82) is 5.26 Å². The highest BCUT2D eigenvalue weighted by molar-refractivity contribution is 7.89. The molecule has 0 spiro atoms. The molecule has 3 N–H and O–H groups in total. The highest BCUT2D eigenvalue weighted by atomic mass is 32.2. The van der Waals surface area contributed by atoms with Gasteiger partial charge in [0, 0.05) is 29.9 Å². The van der Waals surface area contributed by atoms with Gasteiger partial charge < -0.3 is 10.3 Å². The third kappa shape index (κ3) is 3.47. The SMILES string of the molecule is CCC1CC(NS(=O)(=O)c2cccc3nonc23)CC1Nc1c(C#N)cnc2[nH]ccc12. The second kappa shape index (κ2) is 7.89. The molecular weight excluding hydrogens is 430 g/mol. The van der Waals surface area contributed by atoms with E-state index in [9.17, 15) is 13.7 Å². The van der Waals surface area contributed by atoms with E-state index in [0.29, 0.717) is 29.6 Å². The van der Waals surface area contributed by atoms with Crippen LogP contribution in [0, 0.1) is 17.2 Å². The average Bonchev–Trinajstić information content (AvgIpc) is 3.52. The van der Waals surface area contributed by atoms with E-state index >= 15 is 0 Å². The smallest absolute Gasteiger partial charge is 0.243 e. The standard InChI is InChI=1S/C21H21N7O3S/c1-2-12-8-14(28-32(29,30)18-5-3-4-16-20(18)27-31-26-16)9-17(12)25-19-13(10-22)11-24-21-15(19)6-7-23-21/h3-7,11-12,14,17,28H,2,8-9H2,1H3,(H2,23,24,25). The molecule has 0 amide bonds. The first kappa shape index (κ1) is 20.4. The van der Waals surface area contributed by atoms with E-state index in [-0.39, 0.29) is 28.4 Å². The lowest BCUT2D eigenvalue weighted by Gasteiger charge is -2.21. The summed E-state index contributed by atoms with van der Waals surface area (Å²) in [7, 11) is -3.81. The van der Waals surface area contributed by atoms with Crippen LogP contribution in [-0.2, 0) is 10.0 Å². The quantitative estimate of drug-likeness (QED) is 0.405. The highest BCUT2D eigenvalue weighted by Crippen LogP contribution is 2.35. The number of nitriles is 1. The third-order valence-corrected chi connectivity index (χ3v) is 7.67. The van der Waals surface area contributed by atoms with Crippen molar-refractivity contribution in [2.24, 2.45) is 5.92 Å². The van der Waals surface area contributed by atoms with Crippen LogP contribution < -0.4 is 10.0 Å². The van der Waals surface area contributed by atoms with Crippen molar-refractivity contribution in [3.8, 4) is 6.07 Å². The molecule has 3 unspecified atom stereocenters. The number of H-pyrrole nitrogens is 1. The van der Waals surface area contributed by atoms with Gasteiger partial charge in [-0.1, -0.05) is 19.4 Å². The lowest BCUT2D eigenvalue weighted by molar-refractivity contribution is 0.315. The van der Waals surface area contributed by atoms with Crippen molar-refractivity contribution >= 4 is 37.8 Å². The van der Waals surface area contributed by atoms with Gasteiger partial charge in [0.2, 0.25) is 10.0 Å². The monoisotopic (exact) mass is 451 g/mol. The summed E-state index contributed by atoms with van der Waals surface area (Å²) >= 11 is 0. The van der Waals surface area contributed by atoms with Crippen LogP contribution in [0.25, 0.3) is 22.1 Å². The van der Waals surface area contributed by atoms with E-state index in [2.05, 4.69) is 43.3 Å². The lowest BCUT2D eigenvalue weighted by atomic mass is 10.00. The fourth-order valence-electron chi connectivity index (χ4n) is 4.56. The Labute approximate surface area is 184 Å². The highest BCUT2D eigenvalue weighted by Gasteiger charge is 2.36. The van der Waals surface area contributed by atoms with Gasteiger partial charge in [-0.05, 0) is 47.3 Å². The summed E-state index contributed by atoms with van der Waals surface area (Å²) in [6.07, 6.45) is 5.48. The molecule has 5 rings (SSSR count). The van der Waals surface area contributed by atoms with Gasteiger partial charge in [-0.15, -0.1) is 0 Å². The van der Waals surface area contributed by atoms with Gasteiger partial charge in [0.15, 0.2) is 5.52 Å². The maximum Gasteiger partial charge on any atom is 0.243 e. The number of hydrogen-bond donors (Lipinski definition) is 3. The molecule has 1 aliphatic carbocycles. The normalized spacial score (nSPS) is 21.2. The largest absolute Gasteiger partial charge is 0.380 e. The molecule has 10 nitrogen and oxygen atoms in total. The average molecular weight is 452 g/mol. The summed E-state index contributed by atoms with van der Waals surface area (Å²) in [5.74, 6) is 0.237. The number of sulfonamides is 1. The summed E-state index contributed by atoms with van der Waals surface area (Å²) in [4.78, 5) is 7.39. The minimum Gasteiger partial charge on any atom is -0.380 e. The Kier molecular flexibility index (Phi) is 5.03. The van der Waals surface area contributed by atoms with E-state index < -0.39 is 10.0 Å². The van der Waals surface area contributed by atoms with Gasteiger partial charge >= 0.3 is 0 Å². The number of nitrogens with one attached hydrogen (secondary N) is 3. The maximum absolute atomic E-state index is 13.1. The Bertz CT molecular complexity index is 1440. The first-order chi connectivity index (χ1) is 15.5. The van der Waals surface area contributed by atoms with Crippen LogP contribution >= 0.6 is 0 Å². The molecule has 3 atom stereocenters. The van der Waals surface area contributed by atoms with Gasteiger partial charge in [-0.2, -0.15) is 5.26 Å². The van der Waals surface area contributed by atoms with Crippen molar-refractivity contribution in [1.82, 2.24) is 25.0 Å². The molecule has 3 heterocycles. The van der Waals surface area contributed by atoms with Gasteiger partial charge in [-0.3, -0.25) is 0 Å². The first-order valence-electron chi connectivity index (χ1n) is 10.4. The van der Waals surface area contributed by atoms with E-state index in [0.717, 1.165) is 17.5 Å². The number of hydrogen-bond acceptors (Lipinski definition) is 8. The van der Waals surface area contributed by atoms with Crippen LogP contribution in [0.15, 0.2) is 46.2 Å². The Morgan fingerprint density at radius 3 is 2.97 bits per heavy atom. The number of rotatable bonds is 6. The number of aromatic nitrogens is 4. The number of nitrogens with zero attached hydrogens (tertiary/aromatic N) is 4. The van der Waals surface area contributed by atoms with E-state index in [1.807, 2.05) is 6.07 Å². The van der Waals surface area contributed by atoms with E-state index in [4.69, 9.17) is 4.63 Å². The Morgan fingerprint density at radius 2 is 2.16 bits per heavy atom. The molecule has 32 heavy (non-hydrogen) atoms. The van der Waals surface area contributed by atoms with Crippen LogP contribution in [0.5, 0.6) is 0 Å². The fourth-order valence-corrected chi connectivity index (χ4v) is 5.98. The number of benzene rings is 1. The second-order valence-electron chi connectivity index (χ2n) is 8.00. The Morgan fingerprint density at radius 1 is 1.28 bits per heavy atom. The van der Waals surface area contributed by atoms with Gasteiger partial charge in [0.05, 0.1) is 11.3 Å². The molecule has 1 saturated carbocycles. The molecule has 1 fully saturated rings. The molecule has 0 bridgehead atoms. The lowest BCUT2D eigenvalue weighted by Crippen LogP contribution is -2.34. The number of anilines is 1. The van der Waals surface area contributed by atoms with Crippen molar-refractivity contribution < 1.29 is 13.0 Å². The third-order valence-electron chi connectivity index (χ3n) is 6.12. The van der Waals surface area contributed by atoms with E-state index in [1.165, 1.54) is 6.07 Å². The Balaban J connectivity index is 1.40. The molecule has 0 aliphatic heterocycles. The van der Waals surface area contributed by atoms with Crippen LogP contribution in [0.1, 0.15) is 31.7 Å². The zero-order valence-corrected chi connectivity index (χ0v) is 18.1. The first-order valence-corrected chi connectivity index (χ1v) is 11.8. The van der Waals surface area contributed by atoms with Crippen LogP contribution in [0.4, 0.5) is 5.69 Å². The van der Waals surface area contributed by atoms with Crippen LogP contribution in [-0.4, -0.2) is 40.8 Å². The minimum atomic E-state index is -3.81. The predicted octanol–water partition coefficient (Wildman–Crippen LogP) is 2.92. The number of pyridine rings is 1. The van der Waals surface area contributed by atoms with Gasteiger partial charge in [-0.25, -0.2) is 22.8 Å². The molecule has 1 aromatic carbocycles. The topological polar surface area (TPSA) is 150 Å². The molecule has 1 aliphatic rings. The van der Waals surface area contributed by atoms with Crippen molar-refractivity contribution in [3.05, 3.63) is 42.2 Å². The minimum absolute atomic E-state index is 0.00445. The molecule has 164 valence electrons. The molecular formula is C21H21N7O3S.